The van der Waals surface area contributed by atoms with E-state index in [9.17, 15) is 8.42 Å². The fourth-order valence-electron chi connectivity index (χ4n) is 1.81. The van der Waals surface area contributed by atoms with E-state index in [4.69, 9.17) is 10.5 Å². The molecule has 0 atom stereocenters. The van der Waals surface area contributed by atoms with Gasteiger partial charge in [-0.05, 0) is 11.6 Å². The minimum atomic E-state index is -3.53. The molecule has 1 aromatic heterocycles. The highest BCUT2D eigenvalue weighted by atomic mass is 32.2. The van der Waals surface area contributed by atoms with Crippen LogP contribution in [0.5, 0.6) is 0 Å². The highest BCUT2D eigenvalue weighted by molar-refractivity contribution is 7.91. The Bertz CT molecular complexity index is 697. The fourth-order valence-corrected chi connectivity index (χ4v) is 3.02. The van der Waals surface area contributed by atoms with Gasteiger partial charge in [0, 0.05) is 19.0 Å². The number of ether oxygens (including phenoxy) is 1. The summed E-state index contributed by atoms with van der Waals surface area (Å²) >= 11 is 0. The van der Waals surface area contributed by atoms with Crippen LogP contribution in [-0.4, -0.2) is 31.9 Å². The first-order valence-electron chi connectivity index (χ1n) is 6.35. The van der Waals surface area contributed by atoms with Crippen LogP contribution in [0.15, 0.2) is 36.7 Å². The molecule has 0 saturated carbocycles. The molecule has 2 rings (SSSR count). The van der Waals surface area contributed by atoms with Crippen molar-refractivity contribution in [2.24, 2.45) is 0 Å². The summed E-state index contributed by atoms with van der Waals surface area (Å²) in [6.45, 7) is 1.07. The van der Waals surface area contributed by atoms with Gasteiger partial charge in [-0.3, -0.25) is 9.40 Å². The normalized spacial score (nSPS) is 11.5. The number of nitrogen functional groups attached to an aromatic ring is 1. The standard InChI is InChI=1S/C13H18N4O3S/c1-20-7-6-17-9-12(8-15-17)16-21(18,19)10-11-4-2-3-5-13(11)14/h2-5,8-9,16H,6-7,10,14H2,1H3. The van der Waals surface area contributed by atoms with E-state index in [-0.39, 0.29) is 5.75 Å². The van der Waals surface area contributed by atoms with E-state index in [1.807, 2.05) is 0 Å². The van der Waals surface area contributed by atoms with Crippen molar-refractivity contribution in [2.75, 3.05) is 24.2 Å². The summed E-state index contributed by atoms with van der Waals surface area (Å²) in [5.41, 5.74) is 7.20. The highest BCUT2D eigenvalue weighted by Crippen LogP contribution is 2.16. The summed E-state index contributed by atoms with van der Waals surface area (Å²) in [5.74, 6) is -0.178. The van der Waals surface area contributed by atoms with Crippen LogP contribution in [-0.2, 0) is 27.1 Å². The SMILES string of the molecule is COCCn1cc(NS(=O)(=O)Cc2ccccc2N)cn1. The number of nitrogens with one attached hydrogen (secondary N) is 1. The van der Waals surface area contributed by atoms with Gasteiger partial charge in [0.05, 0.1) is 30.8 Å². The van der Waals surface area contributed by atoms with Crippen molar-refractivity contribution in [1.29, 1.82) is 0 Å². The highest BCUT2D eigenvalue weighted by Gasteiger charge is 2.14. The average Bonchev–Trinajstić information content (AvgIpc) is 2.85. The first-order chi connectivity index (χ1) is 10.00. The van der Waals surface area contributed by atoms with E-state index in [1.54, 1.807) is 42.3 Å². The summed E-state index contributed by atoms with van der Waals surface area (Å²) in [4.78, 5) is 0. The molecule has 0 radical (unpaired) electrons. The third-order valence-electron chi connectivity index (χ3n) is 2.83. The molecule has 0 aliphatic heterocycles. The van der Waals surface area contributed by atoms with Crippen LogP contribution in [0.3, 0.4) is 0 Å². The molecule has 114 valence electrons. The molecule has 8 heteroatoms. The summed E-state index contributed by atoms with van der Waals surface area (Å²) in [7, 11) is -1.94. The van der Waals surface area contributed by atoms with Crippen LogP contribution in [0.2, 0.25) is 0 Å². The van der Waals surface area contributed by atoms with Gasteiger partial charge in [0.2, 0.25) is 10.0 Å². The van der Waals surface area contributed by atoms with Gasteiger partial charge in [0.1, 0.15) is 0 Å². The Balaban J connectivity index is 2.04. The lowest BCUT2D eigenvalue weighted by Crippen LogP contribution is -2.15. The van der Waals surface area contributed by atoms with Crippen molar-refractivity contribution in [3.63, 3.8) is 0 Å². The molecule has 0 fully saturated rings. The Morgan fingerprint density at radius 3 is 2.86 bits per heavy atom. The Hall–Kier alpha value is -2.06. The maximum Gasteiger partial charge on any atom is 0.237 e. The zero-order valence-electron chi connectivity index (χ0n) is 11.7. The van der Waals surface area contributed by atoms with Gasteiger partial charge in [-0.15, -0.1) is 0 Å². The number of aromatic nitrogens is 2. The van der Waals surface area contributed by atoms with Gasteiger partial charge in [0.25, 0.3) is 0 Å². The first-order valence-corrected chi connectivity index (χ1v) is 8.00. The number of para-hydroxylation sites is 1. The number of rotatable bonds is 7. The first kappa shape index (κ1) is 15.3. The topological polar surface area (TPSA) is 99.2 Å². The smallest absolute Gasteiger partial charge is 0.237 e. The van der Waals surface area contributed by atoms with Gasteiger partial charge in [0.15, 0.2) is 0 Å². The lowest BCUT2D eigenvalue weighted by molar-refractivity contribution is 0.183. The zero-order chi connectivity index (χ0) is 15.3. The summed E-state index contributed by atoms with van der Waals surface area (Å²) < 4.78 is 33.3. The molecule has 0 saturated heterocycles. The quantitative estimate of drug-likeness (QED) is 0.745. The van der Waals surface area contributed by atoms with Crippen molar-refractivity contribution in [3.8, 4) is 0 Å². The molecule has 0 aliphatic carbocycles. The predicted molar refractivity (Wildman–Crippen MR) is 81.2 cm³/mol. The van der Waals surface area contributed by atoms with E-state index >= 15 is 0 Å². The summed E-state index contributed by atoms with van der Waals surface area (Å²) in [5, 5.41) is 4.05. The second-order valence-corrected chi connectivity index (χ2v) is 6.27. The molecule has 3 N–H and O–H groups in total. The van der Waals surface area contributed by atoms with E-state index in [2.05, 4.69) is 9.82 Å². The molecule has 0 amide bonds. The second-order valence-electron chi connectivity index (χ2n) is 4.54. The molecule has 7 nitrogen and oxygen atoms in total. The van der Waals surface area contributed by atoms with E-state index in [1.165, 1.54) is 6.20 Å². The summed E-state index contributed by atoms with van der Waals surface area (Å²) in [6, 6.07) is 6.88. The molecular weight excluding hydrogens is 292 g/mol. The minimum Gasteiger partial charge on any atom is -0.398 e. The third-order valence-corrected chi connectivity index (χ3v) is 4.07. The third kappa shape index (κ3) is 4.47. The fraction of sp³-hybridized carbons (Fsp3) is 0.308. The second kappa shape index (κ2) is 6.59. The number of nitrogens with two attached hydrogens (primary N) is 1. The number of nitrogens with zero attached hydrogens (tertiary/aromatic N) is 2. The van der Waals surface area contributed by atoms with E-state index < -0.39 is 10.0 Å². The van der Waals surface area contributed by atoms with E-state index in [0.29, 0.717) is 30.1 Å². The van der Waals surface area contributed by atoms with Gasteiger partial charge in [-0.1, -0.05) is 18.2 Å². The Morgan fingerprint density at radius 2 is 2.14 bits per heavy atom. The lowest BCUT2D eigenvalue weighted by Gasteiger charge is -2.08. The molecule has 0 aliphatic rings. The number of hydrogen-bond acceptors (Lipinski definition) is 5. The molecule has 21 heavy (non-hydrogen) atoms. The average molecular weight is 310 g/mol. The van der Waals surface area contributed by atoms with Gasteiger partial charge < -0.3 is 10.5 Å². The van der Waals surface area contributed by atoms with Crippen molar-refractivity contribution >= 4 is 21.4 Å². The number of hydrogen-bond donors (Lipinski definition) is 2. The van der Waals surface area contributed by atoms with Crippen LogP contribution in [0, 0.1) is 0 Å². The minimum absolute atomic E-state index is 0.178. The van der Waals surface area contributed by atoms with Crippen LogP contribution < -0.4 is 10.5 Å². The van der Waals surface area contributed by atoms with Crippen LogP contribution in [0.25, 0.3) is 0 Å². The number of sulfonamides is 1. The monoisotopic (exact) mass is 310 g/mol. The van der Waals surface area contributed by atoms with E-state index in [0.717, 1.165) is 0 Å². The lowest BCUT2D eigenvalue weighted by atomic mass is 10.2. The zero-order valence-corrected chi connectivity index (χ0v) is 12.5. The predicted octanol–water partition coefficient (Wildman–Crippen LogP) is 1.05. The van der Waals surface area contributed by atoms with Gasteiger partial charge >= 0.3 is 0 Å². The number of methoxy groups -OCH3 is 1. The molecule has 0 unspecified atom stereocenters. The van der Waals surface area contributed by atoms with Crippen molar-refractivity contribution in [1.82, 2.24) is 9.78 Å². The van der Waals surface area contributed by atoms with Gasteiger partial charge in [-0.25, -0.2) is 8.42 Å². The molecular formula is C13H18N4O3S. The number of benzene rings is 1. The Kier molecular flexibility index (Phi) is 4.81. The molecule has 0 spiro atoms. The Morgan fingerprint density at radius 1 is 1.38 bits per heavy atom. The Labute approximate surface area is 123 Å². The van der Waals surface area contributed by atoms with Crippen LogP contribution in [0.1, 0.15) is 5.56 Å². The van der Waals surface area contributed by atoms with Crippen molar-refractivity contribution in [3.05, 3.63) is 42.2 Å². The van der Waals surface area contributed by atoms with Crippen molar-refractivity contribution < 1.29 is 13.2 Å². The largest absolute Gasteiger partial charge is 0.398 e. The molecule has 1 heterocycles. The molecule has 1 aromatic carbocycles. The molecule has 0 bridgehead atoms. The summed E-state index contributed by atoms with van der Waals surface area (Å²) in [6.07, 6.45) is 3.08. The van der Waals surface area contributed by atoms with Gasteiger partial charge in [-0.2, -0.15) is 5.10 Å². The van der Waals surface area contributed by atoms with Crippen molar-refractivity contribution in [2.45, 2.75) is 12.3 Å². The number of anilines is 2. The maximum absolute atomic E-state index is 12.1. The molecule has 2 aromatic rings. The maximum atomic E-state index is 12.1. The van der Waals surface area contributed by atoms with Crippen LogP contribution >= 0.6 is 0 Å². The van der Waals surface area contributed by atoms with Crippen LogP contribution in [0.4, 0.5) is 11.4 Å².